The average Bonchev–Trinajstić information content (AvgIpc) is 2.55. The fourth-order valence-corrected chi connectivity index (χ4v) is 2.59. The van der Waals surface area contributed by atoms with E-state index in [1.54, 1.807) is 0 Å². The lowest BCUT2D eigenvalue weighted by Crippen LogP contribution is -2.37. The van der Waals surface area contributed by atoms with E-state index in [0.717, 1.165) is 23.3 Å². The SMILES string of the molecule is CC(C)Cc1nc2cc(Cl)c(Cl)cc2n1CC(C)(C)N. The van der Waals surface area contributed by atoms with Gasteiger partial charge in [-0.3, -0.25) is 0 Å². The van der Waals surface area contributed by atoms with Gasteiger partial charge in [0, 0.05) is 18.5 Å². The third-order valence-electron chi connectivity index (χ3n) is 3.03. The van der Waals surface area contributed by atoms with E-state index in [1.807, 2.05) is 26.0 Å². The summed E-state index contributed by atoms with van der Waals surface area (Å²) in [6, 6.07) is 3.70. The molecule has 0 aliphatic rings. The molecule has 0 unspecified atom stereocenters. The number of nitrogens with two attached hydrogens (primary N) is 1. The summed E-state index contributed by atoms with van der Waals surface area (Å²) in [6.07, 6.45) is 0.903. The average molecular weight is 314 g/mol. The van der Waals surface area contributed by atoms with Crippen LogP contribution in [0.3, 0.4) is 0 Å². The number of benzene rings is 1. The molecule has 1 aromatic heterocycles. The Balaban J connectivity index is 2.61. The van der Waals surface area contributed by atoms with Gasteiger partial charge in [-0.05, 0) is 31.9 Å². The lowest BCUT2D eigenvalue weighted by atomic mass is 10.1. The van der Waals surface area contributed by atoms with Crippen LogP contribution in [0.2, 0.25) is 10.0 Å². The first kappa shape index (κ1) is 15.6. The molecule has 0 aliphatic heterocycles. The van der Waals surface area contributed by atoms with E-state index in [4.69, 9.17) is 33.9 Å². The predicted octanol–water partition coefficient (Wildman–Crippen LogP) is 4.28. The number of halogens is 2. The van der Waals surface area contributed by atoms with Gasteiger partial charge in [-0.15, -0.1) is 0 Å². The summed E-state index contributed by atoms with van der Waals surface area (Å²) in [7, 11) is 0. The number of aromatic nitrogens is 2. The van der Waals surface area contributed by atoms with Crippen LogP contribution in [0.25, 0.3) is 11.0 Å². The van der Waals surface area contributed by atoms with Gasteiger partial charge in [0.1, 0.15) is 5.82 Å². The third kappa shape index (κ3) is 3.46. The molecule has 110 valence electrons. The Hall–Kier alpha value is -0.770. The van der Waals surface area contributed by atoms with Crippen molar-refractivity contribution < 1.29 is 0 Å². The maximum absolute atomic E-state index is 6.18. The Labute approximate surface area is 130 Å². The topological polar surface area (TPSA) is 43.8 Å². The maximum atomic E-state index is 6.18. The molecular weight excluding hydrogens is 293 g/mol. The smallest absolute Gasteiger partial charge is 0.110 e. The second-order valence-electron chi connectivity index (χ2n) is 6.46. The number of hydrogen-bond acceptors (Lipinski definition) is 2. The molecule has 2 rings (SSSR count). The van der Waals surface area contributed by atoms with Crippen LogP contribution in [0, 0.1) is 5.92 Å². The Morgan fingerprint density at radius 1 is 1.25 bits per heavy atom. The van der Waals surface area contributed by atoms with Gasteiger partial charge in [-0.2, -0.15) is 0 Å². The molecule has 1 aromatic carbocycles. The van der Waals surface area contributed by atoms with E-state index in [1.165, 1.54) is 0 Å². The Kier molecular flexibility index (Phi) is 4.33. The highest BCUT2D eigenvalue weighted by Gasteiger charge is 2.19. The van der Waals surface area contributed by atoms with E-state index in [2.05, 4.69) is 18.4 Å². The molecule has 0 fully saturated rings. The van der Waals surface area contributed by atoms with Crippen molar-refractivity contribution in [1.29, 1.82) is 0 Å². The summed E-state index contributed by atoms with van der Waals surface area (Å²) in [4.78, 5) is 4.70. The van der Waals surface area contributed by atoms with Crippen molar-refractivity contribution in [2.45, 2.75) is 46.2 Å². The van der Waals surface area contributed by atoms with Crippen LogP contribution in [0.5, 0.6) is 0 Å². The van der Waals surface area contributed by atoms with Gasteiger partial charge in [0.05, 0.1) is 21.1 Å². The van der Waals surface area contributed by atoms with Gasteiger partial charge < -0.3 is 10.3 Å². The first-order valence-corrected chi connectivity index (χ1v) is 7.56. The molecule has 0 radical (unpaired) electrons. The molecule has 0 saturated heterocycles. The lowest BCUT2D eigenvalue weighted by Gasteiger charge is -2.22. The molecule has 2 N–H and O–H groups in total. The van der Waals surface area contributed by atoms with Gasteiger partial charge in [0.25, 0.3) is 0 Å². The highest BCUT2D eigenvalue weighted by atomic mass is 35.5. The van der Waals surface area contributed by atoms with Crippen LogP contribution in [0.15, 0.2) is 12.1 Å². The van der Waals surface area contributed by atoms with E-state index >= 15 is 0 Å². The summed E-state index contributed by atoms with van der Waals surface area (Å²) in [5.41, 5.74) is 7.73. The van der Waals surface area contributed by atoms with Crippen molar-refractivity contribution in [1.82, 2.24) is 9.55 Å². The molecule has 20 heavy (non-hydrogen) atoms. The first-order valence-electron chi connectivity index (χ1n) is 6.80. The molecule has 0 aliphatic carbocycles. The molecule has 0 amide bonds. The summed E-state index contributed by atoms with van der Waals surface area (Å²) < 4.78 is 2.16. The van der Waals surface area contributed by atoms with Gasteiger partial charge in [-0.1, -0.05) is 37.0 Å². The Bertz CT molecular complexity index is 624. The second-order valence-corrected chi connectivity index (χ2v) is 7.27. The highest BCUT2D eigenvalue weighted by molar-refractivity contribution is 6.42. The maximum Gasteiger partial charge on any atom is 0.110 e. The molecule has 0 bridgehead atoms. The van der Waals surface area contributed by atoms with Crippen LogP contribution in [-0.2, 0) is 13.0 Å². The highest BCUT2D eigenvalue weighted by Crippen LogP contribution is 2.29. The molecule has 0 spiro atoms. The quantitative estimate of drug-likeness (QED) is 0.915. The largest absolute Gasteiger partial charge is 0.326 e. The van der Waals surface area contributed by atoms with Crippen LogP contribution in [0.4, 0.5) is 0 Å². The Morgan fingerprint density at radius 3 is 2.40 bits per heavy atom. The minimum Gasteiger partial charge on any atom is -0.326 e. The fourth-order valence-electron chi connectivity index (χ4n) is 2.27. The summed E-state index contributed by atoms with van der Waals surface area (Å²) in [6.45, 7) is 9.07. The normalized spacial score (nSPS) is 12.6. The molecule has 0 saturated carbocycles. The number of nitrogens with zero attached hydrogens (tertiary/aromatic N) is 2. The number of rotatable bonds is 4. The van der Waals surface area contributed by atoms with Crippen molar-refractivity contribution in [2.75, 3.05) is 0 Å². The van der Waals surface area contributed by atoms with Crippen molar-refractivity contribution >= 4 is 34.2 Å². The number of fused-ring (bicyclic) bond motifs is 1. The van der Waals surface area contributed by atoms with Gasteiger partial charge in [0.2, 0.25) is 0 Å². The molecule has 3 nitrogen and oxygen atoms in total. The van der Waals surface area contributed by atoms with Crippen molar-refractivity contribution in [3.63, 3.8) is 0 Å². The predicted molar refractivity (Wildman–Crippen MR) is 86.6 cm³/mol. The zero-order chi connectivity index (χ0) is 15.1. The zero-order valence-corrected chi connectivity index (χ0v) is 13.9. The molecular formula is C15H21Cl2N3. The van der Waals surface area contributed by atoms with Crippen molar-refractivity contribution in [2.24, 2.45) is 11.7 Å². The summed E-state index contributed by atoms with van der Waals surface area (Å²) >= 11 is 12.2. The van der Waals surface area contributed by atoms with Gasteiger partial charge in [-0.25, -0.2) is 4.98 Å². The third-order valence-corrected chi connectivity index (χ3v) is 3.75. The van der Waals surface area contributed by atoms with Gasteiger partial charge in [0.15, 0.2) is 0 Å². The molecule has 2 aromatic rings. The lowest BCUT2D eigenvalue weighted by molar-refractivity contribution is 0.426. The van der Waals surface area contributed by atoms with Crippen molar-refractivity contribution in [3.05, 3.63) is 28.0 Å². The van der Waals surface area contributed by atoms with E-state index in [0.29, 0.717) is 22.5 Å². The molecule has 5 heteroatoms. The first-order chi connectivity index (χ1) is 9.17. The van der Waals surface area contributed by atoms with E-state index < -0.39 is 0 Å². The zero-order valence-electron chi connectivity index (χ0n) is 12.4. The minimum absolute atomic E-state index is 0.314. The second kappa shape index (κ2) is 5.55. The monoisotopic (exact) mass is 313 g/mol. The van der Waals surface area contributed by atoms with Crippen LogP contribution in [0.1, 0.15) is 33.5 Å². The van der Waals surface area contributed by atoms with Crippen LogP contribution in [-0.4, -0.2) is 15.1 Å². The number of hydrogen-bond donors (Lipinski definition) is 1. The molecule has 0 atom stereocenters. The summed E-state index contributed by atoms with van der Waals surface area (Å²) in [5.74, 6) is 1.56. The van der Waals surface area contributed by atoms with Crippen molar-refractivity contribution in [3.8, 4) is 0 Å². The van der Waals surface area contributed by atoms with Crippen LogP contribution < -0.4 is 5.73 Å². The van der Waals surface area contributed by atoms with E-state index in [-0.39, 0.29) is 5.54 Å². The minimum atomic E-state index is -0.314. The standard InChI is InChI=1S/C15H21Cl2N3/c1-9(2)5-14-19-12-6-10(16)11(17)7-13(12)20(14)8-15(3,4)18/h6-7,9H,5,8,18H2,1-4H3. The fraction of sp³-hybridized carbons (Fsp3) is 0.533. The molecule has 1 heterocycles. The summed E-state index contributed by atoms with van der Waals surface area (Å²) in [5, 5.41) is 1.08. The Morgan fingerprint density at radius 2 is 1.85 bits per heavy atom. The van der Waals surface area contributed by atoms with Gasteiger partial charge >= 0.3 is 0 Å². The number of imidazole rings is 1. The van der Waals surface area contributed by atoms with Crippen LogP contribution >= 0.6 is 23.2 Å². The van der Waals surface area contributed by atoms with E-state index in [9.17, 15) is 0 Å².